The van der Waals surface area contributed by atoms with Gasteiger partial charge in [0.25, 0.3) is 5.91 Å². The zero-order valence-corrected chi connectivity index (χ0v) is 8.73. The Morgan fingerprint density at radius 1 is 1.73 bits per heavy atom. The molecule has 5 nitrogen and oxygen atoms in total. The van der Waals surface area contributed by atoms with Gasteiger partial charge >= 0.3 is 5.97 Å². The van der Waals surface area contributed by atoms with Crippen molar-refractivity contribution in [2.45, 2.75) is 37.8 Å². The van der Waals surface area contributed by atoms with Gasteiger partial charge in [-0.2, -0.15) is 0 Å². The number of carbonyl (C=O) groups excluding carboxylic acids is 2. The van der Waals surface area contributed by atoms with Crippen LogP contribution in [0, 0.1) is 0 Å². The Morgan fingerprint density at radius 3 is 3.13 bits per heavy atom. The summed E-state index contributed by atoms with van der Waals surface area (Å²) in [6.07, 6.45) is 0.561. The molecule has 15 heavy (non-hydrogen) atoms. The van der Waals surface area contributed by atoms with Crippen molar-refractivity contribution in [3.63, 3.8) is 0 Å². The van der Waals surface area contributed by atoms with E-state index in [4.69, 9.17) is 4.74 Å². The molecule has 2 heterocycles. The third kappa shape index (κ3) is 1.33. The van der Waals surface area contributed by atoms with Crippen LogP contribution < -0.4 is 0 Å². The molecule has 2 fully saturated rings. The predicted octanol–water partition coefficient (Wildman–Crippen LogP) is -0.325. The lowest BCUT2D eigenvalue weighted by Crippen LogP contribution is -2.48. The van der Waals surface area contributed by atoms with Crippen LogP contribution in [0.5, 0.6) is 0 Å². The van der Waals surface area contributed by atoms with Gasteiger partial charge in [-0.1, -0.05) is 0 Å². The fraction of sp³-hybridized carbons (Fsp3) is 0.800. The molecule has 84 valence electrons. The molecule has 2 atom stereocenters. The molecule has 2 rings (SSSR count). The Balaban J connectivity index is 2.25. The number of rotatable bonds is 2. The summed E-state index contributed by atoms with van der Waals surface area (Å²) in [7, 11) is 0. The standard InChI is InChI=1S/C10H15NO4/c1-2-15-9(14)10-4-3-5-11(10)8(13)7(12)6-10/h7,12H,2-6H2,1H3/t7-,10-/m0/s1. The van der Waals surface area contributed by atoms with Crippen LogP contribution in [0.4, 0.5) is 0 Å². The lowest BCUT2D eigenvalue weighted by Gasteiger charge is -2.28. The maximum absolute atomic E-state index is 11.8. The molecule has 0 aliphatic carbocycles. The molecule has 0 radical (unpaired) electrons. The quantitative estimate of drug-likeness (QED) is 0.638. The molecular weight excluding hydrogens is 198 g/mol. The summed E-state index contributed by atoms with van der Waals surface area (Å²) in [6, 6.07) is 0. The van der Waals surface area contributed by atoms with Crippen LogP contribution in [0.2, 0.25) is 0 Å². The lowest BCUT2D eigenvalue weighted by atomic mass is 9.93. The highest BCUT2D eigenvalue weighted by Crippen LogP contribution is 2.40. The van der Waals surface area contributed by atoms with Crippen LogP contribution in [-0.2, 0) is 14.3 Å². The Bertz CT molecular complexity index is 304. The SMILES string of the molecule is CCOC(=O)[C@@]12CCCN1C(=O)[C@@H](O)C2. The number of amides is 1. The van der Waals surface area contributed by atoms with E-state index < -0.39 is 11.6 Å². The highest BCUT2D eigenvalue weighted by atomic mass is 16.5. The molecule has 1 N–H and O–H groups in total. The number of carbonyl (C=O) groups is 2. The van der Waals surface area contributed by atoms with Gasteiger partial charge in [-0.05, 0) is 19.8 Å². The molecule has 1 amide bonds. The third-order valence-corrected chi connectivity index (χ3v) is 3.23. The molecule has 0 aromatic carbocycles. The van der Waals surface area contributed by atoms with Crippen molar-refractivity contribution >= 4 is 11.9 Å². The second-order valence-electron chi connectivity index (χ2n) is 4.07. The molecule has 0 saturated carbocycles. The molecular formula is C10H15NO4. The van der Waals surface area contributed by atoms with Gasteiger partial charge in [0.15, 0.2) is 0 Å². The number of nitrogens with zero attached hydrogens (tertiary/aromatic N) is 1. The molecule has 0 bridgehead atoms. The summed E-state index contributed by atoms with van der Waals surface area (Å²) in [5.74, 6) is -0.701. The van der Waals surface area contributed by atoms with E-state index in [2.05, 4.69) is 0 Å². The fourth-order valence-corrected chi connectivity index (χ4v) is 2.56. The zero-order valence-electron chi connectivity index (χ0n) is 8.73. The normalized spacial score (nSPS) is 34.4. The van der Waals surface area contributed by atoms with Crippen LogP contribution >= 0.6 is 0 Å². The molecule has 0 spiro atoms. The maximum Gasteiger partial charge on any atom is 0.332 e. The van der Waals surface area contributed by atoms with Crippen molar-refractivity contribution in [2.75, 3.05) is 13.2 Å². The number of hydrogen-bond donors (Lipinski definition) is 1. The summed E-state index contributed by atoms with van der Waals surface area (Å²) in [6.45, 7) is 2.59. The molecule has 2 aliphatic heterocycles. The van der Waals surface area contributed by atoms with E-state index in [0.717, 1.165) is 6.42 Å². The van der Waals surface area contributed by atoms with Crippen LogP contribution in [0.15, 0.2) is 0 Å². The van der Waals surface area contributed by atoms with E-state index in [1.807, 2.05) is 0 Å². The Labute approximate surface area is 88.0 Å². The number of hydrogen-bond acceptors (Lipinski definition) is 4. The van der Waals surface area contributed by atoms with E-state index >= 15 is 0 Å². The molecule has 2 saturated heterocycles. The highest BCUT2D eigenvalue weighted by molar-refractivity contribution is 5.94. The molecule has 0 aromatic rings. The van der Waals surface area contributed by atoms with Gasteiger partial charge in [0.1, 0.15) is 11.6 Å². The maximum atomic E-state index is 11.8. The first-order valence-corrected chi connectivity index (χ1v) is 5.28. The topological polar surface area (TPSA) is 66.8 Å². The van der Waals surface area contributed by atoms with E-state index in [0.29, 0.717) is 19.6 Å². The summed E-state index contributed by atoms with van der Waals surface area (Å²) >= 11 is 0. The van der Waals surface area contributed by atoms with Gasteiger partial charge in [0.05, 0.1) is 6.61 Å². The Morgan fingerprint density at radius 2 is 2.47 bits per heavy atom. The highest BCUT2D eigenvalue weighted by Gasteiger charge is 2.58. The van der Waals surface area contributed by atoms with Crippen LogP contribution in [-0.4, -0.2) is 46.7 Å². The second-order valence-corrected chi connectivity index (χ2v) is 4.07. The van der Waals surface area contributed by atoms with Gasteiger partial charge in [-0.3, -0.25) is 4.79 Å². The number of esters is 1. The van der Waals surface area contributed by atoms with Crippen molar-refractivity contribution in [3.8, 4) is 0 Å². The fourth-order valence-electron chi connectivity index (χ4n) is 2.56. The molecule has 2 aliphatic rings. The minimum atomic E-state index is -1.03. The number of fused-ring (bicyclic) bond motifs is 1. The Hall–Kier alpha value is -1.10. The van der Waals surface area contributed by atoms with E-state index in [1.165, 1.54) is 4.90 Å². The lowest BCUT2D eigenvalue weighted by molar-refractivity contribution is -0.157. The summed E-state index contributed by atoms with van der Waals surface area (Å²) in [5.41, 5.74) is -0.869. The monoisotopic (exact) mass is 213 g/mol. The Kier molecular flexibility index (Phi) is 2.42. The van der Waals surface area contributed by atoms with Crippen LogP contribution in [0.1, 0.15) is 26.2 Å². The number of ether oxygens (including phenoxy) is 1. The second kappa shape index (κ2) is 3.48. The first kappa shape index (κ1) is 10.4. The average molecular weight is 213 g/mol. The van der Waals surface area contributed by atoms with E-state index in [1.54, 1.807) is 6.92 Å². The van der Waals surface area contributed by atoms with Crippen molar-refractivity contribution < 1.29 is 19.4 Å². The minimum Gasteiger partial charge on any atom is -0.464 e. The number of aliphatic hydroxyl groups is 1. The van der Waals surface area contributed by atoms with Crippen molar-refractivity contribution in [1.82, 2.24) is 4.90 Å². The summed E-state index contributed by atoms with van der Waals surface area (Å²) < 4.78 is 4.98. The van der Waals surface area contributed by atoms with Gasteiger partial charge < -0.3 is 14.7 Å². The molecule has 0 unspecified atom stereocenters. The van der Waals surface area contributed by atoms with Crippen LogP contribution in [0.25, 0.3) is 0 Å². The van der Waals surface area contributed by atoms with Crippen molar-refractivity contribution in [1.29, 1.82) is 0 Å². The zero-order chi connectivity index (χ0) is 11.1. The predicted molar refractivity (Wildman–Crippen MR) is 50.9 cm³/mol. The summed E-state index contributed by atoms with van der Waals surface area (Å²) in [4.78, 5) is 24.9. The largest absolute Gasteiger partial charge is 0.464 e. The van der Waals surface area contributed by atoms with Gasteiger partial charge in [0, 0.05) is 13.0 Å². The van der Waals surface area contributed by atoms with Crippen LogP contribution in [0.3, 0.4) is 0 Å². The first-order valence-electron chi connectivity index (χ1n) is 5.28. The number of aliphatic hydroxyl groups excluding tert-OH is 1. The van der Waals surface area contributed by atoms with Gasteiger partial charge in [-0.15, -0.1) is 0 Å². The molecule has 5 heteroatoms. The van der Waals surface area contributed by atoms with Gasteiger partial charge in [0.2, 0.25) is 0 Å². The average Bonchev–Trinajstić information content (AvgIpc) is 2.70. The smallest absolute Gasteiger partial charge is 0.332 e. The third-order valence-electron chi connectivity index (χ3n) is 3.23. The summed E-state index contributed by atoms with van der Waals surface area (Å²) in [5, 5.41) is 9.49. The van der Waals surface area contributed by atoms with E-state index in [-0.39, 0.29) is 18.3 Å². The van der Waals surface area contributed by atoms with E-state index in [9.17, 15) is 14.7 Å². The molecule has 0 aromatic heterocycles. The van der Waals surface area contributed by atoms with Crippen molar-refractivity contribution in [3.05, 3.63) is 0 Å². The minimum absolute atomic E-state index is 0.185. The van der Waals surface area contributed by atoms with Crippen molar-refractivity contribution in [2.24, 2.45) is 0 Å². The van der Waals surface area contributed by atoms with Gasteiger partial charge in [-0.25, -0.2) is 4.79 Å². The first-order chi connectivity index (χ1) is 7.12.